The maximum atomic E-state index is 13.5. The van der Waals surface area contributed by atoms with E-state index in [-0.39, 0.29) is 17.4 Å². The maximum absolute atomic E-state index is 13.5. The second-order valence-corrected chi connectivity index (χ2v) is 11.0. The smallest absolute Gasteiger partial charge is 0.301 e. The van der Waals surface area contributed by atoms with E-state index >= 15 is 0 Å². The van der Waals surface area contributed by atoms with Gasteiger partial charge in [-0.05, 0) is 79.4 Å². The van der Waals surface area contributed by atoms with E-state index in [1.54, 1.807) is 36.4 Å². The number of anilines is 1. The van der Waals surface area contributed by atoms with Crippen molar-refractivity contribution in [2.75, 3.05) is 4.90 Å². The number of hydrogen-bond acceptors (Lipinski definition) is 6. The van der Waals surface area contributed by atoms with Gasteiger partial charge < -0.3 is 9.84 Å². The molecule has 0 radical (unpaired) electrons. The average Bonchev–Trinajstić information content (AvgIpc) is 3.51. The minimum Gasteiger partial charge on any atom is -0.507 e. The number of carbonyl (C=O) groups is 2. The van der Waals surface area contributed by atoms with E-state index in [9.17, 15) is 14.7 Å². The average molecular weight is 531 g/mol. The second kappa shape index (κ2) is 8.71. The summed E-state index contributed by atoms with van der Waals surface area (Å²) in [4.78, 5) is 33.2. The van der Waals surface area contributed by atoms with E-state index in [0.29, 0.717) is 27.7 Å². The van der Waals surface area contributed by atoms with Crippen LogP contribution in [0.4, 0.5) is 5.13 Å². The third-order valence-electron chi connectivity index (χ3n) is 6.80. The van der Waals surface area contributed by atoms with Gasteiger partial charge in [0.2, 0.25) is 0 Å². The van der Waals surface area contributed by atoms with Gasteiger partial charge in [0.25, 0.3) is 5.78 Å². The molecule has 3 heterocycles. The molecule has 4 aromatic rings. The number of rotatable bonds is 3. The highest BCUT2D eigenvalue weighted by molar-refractivity contribution is 7.22. The molecule has 0 bridgehead atoms. The molecule has 0 aliphatic carbocycles. The predicted molar refractivity (Wildman–Crippen MR) is 146 cm³/mol. The molecule has 1 N–H and O–H groups in total. The lowest BCUT2D eigenvalue weighted by Crippen LogP contribution is -2.29. The van der Waals surface area contributed by atoms with Crippen molar-refractivity contribution >= 4 is 55.7 Å². The summed E-state index contributed by atoms with van der Waals surface area (Å²) < 4.78 is 6.71. The first kappa shape index (κ1) is 23.7. The Morgan fingerprint density at radius 3 is 2.73 bits per heavy atom. The van der Waals surface area contributed by atoms with Crippen LogP contribution in [0.2, 0.25) is 5.02 Å². The zero-order chi connectivity index (χ0) is 26.0. The van der Waals surface area contributed by atoms with E-state index in [4.69, 9.17) is 21.3 Å². The maximum Gasteiger partial charge on any atom is 0.301 e. The van der Waals surface area contributed by atoms with Crippen LogP contribution in [0.1, 0.15) is 40.8 Å². The van der Waals surface area contributed by atoms with E-state index in [0.717, 1.165) is 32.7 Å². The summed E-state index contributed by atoms with van der Waals surface area (Å²) in [5.41, 5.74) is 4.88. The van der Waals surface area contributed by atoms with Gasteiger partial charge in [-0.2, -0.15) is 0 Å². The highest BCUT2D eigenvalue weighted by atomic mass is 35.5. The standard InChI is InChI=1S/C29H23ClN2O4S/c1-14-9-15(2)24-22(10-14)37-29(31-24)32-25(17-5-4-6-20(30)13-17)23(27(34)28(32)35)26(33)18-7-8-21-19(12-18)11-16(3)36-21/h4-10,12-13,16,25,33H,11H2,1-3H3/b26-23+/t16-,25-/m0/s1. The number of halogens is 1. The molecule has 1 saturated heterocycles. The number of ketones is 1. The van der Waals surface area contributed by atoms with Gasteiger partial charge in [-0.1, -0.05) is 41.1 Å². The fraction of sp³-hybridized carbons (Fsp3) is 0.207. The van der Waals surface area contributed by atoms with Crippen molar-refractivity contribution < 1.29 is 19.4 Å². The van der Waals surface area contributed by atoms with Crippen LogP contribution in [0.25, 0.3) is 16.0 Å². The van der Waals surface area contributed by atoms with Crippen molar-refractivity contribution in [3.63, 3.8) is 0 Å². The van der Waals surface area contributed by atoms with Crippen LogP contribution in [-0.4, -0.2) is 27.9 Å². The van der Waals surface area contributed by atoms with Crippen LogP contribution in [0, 0.1) is 13.8 Å². The van der Waals surface area contributed by atoms with Gasteiger partial charge in [0.15, 0.2) is 5.13 Å². The largest absolute Gasteiger partial charge is 0.507 e. The Morgan fingerprint density at radius 1 is 1.14 bits per heavy atom. The number of thiazole rings is 1. The Bertz CT molecular complexity index is 1660. The first-order valence-corrected chi connectivity index (χ1v) is 13.1. The number of aliphatic hydroxyl groups is 1. The first-order chi connectivity index (χ1) is 17.7. The van der Waals surface area contributed by atoms with Crippen LogP contribution in [0.15, 0.2) is 60.2 Å². The normalized spacial score (nSPS) is 20.5. The summed E-state index contributed by atoms with van der Waals surface area (Å²) >= 11 is 7.67. The molecular formula is C29H23ClN2O4S. The molecular weight excluding hydrogens is 508 g/mol. The number of fused-ring (bicyclic) bond motifs is 2. The molecule has 0 spiro atoms. The molecule has 1 amide bonds. The number of nitrogens with zero attached hydrogens (tertiary/aromatic N) is 2. The lowest BCUT2D eigenvalue weighted by Gasteiger charge is -2.23. The van der Waals surface area contributed by atoms with Crippen LogP contribution in [0.5, 0.6) is 5.75 Å². The molecule has 8 heteroatoms. The number of aliphatic hydroxyl groups excluding tert-OH is 1. The van der Waals surface area contributed by atoms with Crippen LogP contribution < -0.4 is 9.64 Å². The molecule has 2 atom stereocenters. The van der Waals surface area contributed by atoms with Crippen molar-refractivity contribution in [1.29, 1.82) is 0 Å². The number of carbonyl (C=O) groups excluding carboxylic acids is 2. The Morgan fingerprint density at radius 2 is 1.95 bits per heavy atom. The fourth-order valence-electron chi connectivity index (χ4n) is 5.21. The number of hydrogen-bond donors (Lipinski definition) is 1. The number of Topliss-reactive ketones (excluding diaryl/α,β-unsaturated/α-hetero) is 1. The molecule has 2 aliphatic rings. The van der Waals surface area contributed by atoms with Gasteiger partial charge in [0.05, 0.1) is 21.8 Å². The van der Waals surface area contributed by atoms with Gasteiger partial charge in [0.1, 0.15) is 17.6 Å². The van der Waals surface area contributed by atoms with Gasteiger partial charge in [0, 0.05) is 17.0 Å². The summed E-state index contributed by atoms with van der Waals surface area (Å²) in [7, 11) is 0. The minimum absolute atomic E-state index is 0.00587. The molecule has 1 fully saturated rings. The molecule has 0 saturated carbocycles. The lowest BCUT2D eigenvalue weighted by molar-refractivity contribution is -0.132. The molecule has 2 aliphatic heterocycles. The molecule has 37 heavy (non-hydrogen) atoms. The van der Waals surface area contributed by atoms with E-state index in [1.807, 2.05) is 39.0 Å². The van der Waals surface area contributed by atoms with Crippen LogP contribution in [0.3, 0.4) is 0 Å². The first-order valence-electron chi connectivity index (χ1n) is 12.0. The summed E-state index contributed by atoms with van der Waals surface area (Å²) in [6, 6.07) is 15.5. The van der Waals surface area contributed by atoms with Gasteiger partial charge in [-0.3, -0.25) is 14.5 Å². The highest BCUT2D eigenvalue weighted by Gasteiger charge is 2.48. The van der Waals surface area contributed by atoms with E-state index < -0.39 is 17.7 Å². The molecule has 186 valence electrons. The third-order valence-corrected chi connectivity index (χ3v) is 8.04. The van der Waals surface area contributed by atoms with Crippen molar-refractivity contribution in [1.82, 2.24) is 4.98 Å². The SMILES string of the molecule is Cc1cc(C)c2nc(N3C(=O)C(=O)/C(=C(/O)c4ccc5c(c4)C[C@H](C)O5)[C@@H]3c3cccc(Cl)c3)sc2c1. The molecule has 6 nitrogen and oxygen atoms in total. The number of amides is 1. The Kier molecular flexibility index (Phi) is 5.58. The van der Waals surface area contributed by atoms with Crippen molar-refractivity contribution in [2.24, 2.45) is 0 Å². The lowest BCUT2D eigenvalue weighted by atomic mass is 9.94. The van der Waals surface area contributed by atoms with Crippen LogP contribution in [-0.2, 0) is 16.0 Å². The van der Waals surface area contributed by atoms with Gasteiger partial charge in [-0.25, -0.2) is 4.98 Å². The zero-order valence-electron chi connectivity index (χ0n) is 20.4. The van der Waals surface area contributed by atoms with Crippen molar-refractivity contribution in [2.45, 2.75) is 39.3 Å². The van der Waals surface area contributed by atoms with E-state index in [1.165, 1.54) is 16.2 Å². The Hall–Kier alpha value is -3.68. The molecule has 3 aromatic carbocycles. The quantitative estimate of drug-likeness (QED) is 0.185. The number of aromatic nitrogens is 1. The minimum atomic E-state index is -0.885. The van der Waals surface area contributed by atoms with E-state index in [2.05, 4.69) is 0 Å². The van der Waals surface area contributed by atoms with Crippen molar-refractivity contribution in [3.05, 3.63) is 93.0 Å². The second-order valence-electron chi connectivity index (χ2n) is 9.60. The van der Waals surface area contributed by atoms with Gasteiger partial charge >= 0.3 is 5.91 Å². The Balaban J connectivity index is 1.55. The number of aryl methyl sites for hydroxylation is 2. The number of benzene rings is 3. The highest BCUT2D eigenvalue weighted by Crippen LogP contribution is 2.45. The summed E-state index contributed by atoms with van der Waals surface area (Å²) in [5.74, 6) is -0.977. The topological polar surface area (TPSA) is 79.7 Å². The number of ether oxygens (including phenoxy) is 1. The van der Waals surface area contributed by atoms with Gasteiger partial charge in [-0.15, -0.1) is 0 Å². The predicted octanol–water partition coefficient (Wildman–Crippen LogP) is 6.52. The molecule has 0 unspecified atom stereocenters. The zero-order valence-corrected chi connectivity index (χ0v) is 22.0. The fourth-order valence-corrected chi connectivity index (χ4v) is 6.58. The summed E-state index contributed by atoms with van der Waals surface area (Å²) in [5, 5.41) is 12.3. The summed E-state index contributed by atoms with van der Waals surface area (Å²) in [6.07, 6.45) is 0.739. The molecule has 1 aromatic heterocycles. The van der Waals surface area contributed by atoms with Crippen molar-refractivity contribution in [3.8, 4) is 5.75 Å². The third kappa shape index (κ3) is 3.90. The molecule has 6 rings (SSSR count). The summed E-state index contributed by atoms with van der Waals surface area (Å²) in [6.45, 7) is 5.96. The monoisotopic (exact) mass is 530 g/mol. The van der Waals surface area contributed by atoms with Crippen LogP contribution >= 0.6 is 22.9 Å². The Labute approximate surface area is 222 Å².